The summed E-state index contributed by atoms with van der Waals surface area (Å²) in [5.41, 5.74) is 0.268. The first-order valence-electron chi connectivity index (χ1n) is 6.61. The molecule has 1 fully saturated rings. The molecular formula is C14H15N3O3S. The van der Waals surface area contributed by atoms with Crippen LogP contribution in [0.1, 0.15) is 23.8 Å². The Morgan fingerprint density at radius 2 is 2.33 bits per heavy atom. The monoisotopic (exact) mass is 305 g/mol. The highest BCUT2D eigenvalue weighted by Gasteiger charge is 2.42. The maximum absolute atomic E-state index is 12.4. The van der Waals surface area contributed by atoms with Gasteiger partial charge in [0.05, 0.1) is 16.0 Å². The molecule has 21 heavy (non-hydrogen) atoms. The topological polar surface area (TPSA) is 86.3 Å². The van der Waals surface area contributed by atoms with Gasteiger partial charge in [0.1, 0.15) is 0 Å². The van der Waals surface area contributed by atoms with E-state index in [1.165, 1.54) is 0 Å². The number of carboxylic acids is 1. The molecule has 0 spiro atoms. The predicted octanol–water partition coefficient (Wildman–Crippen LogP) is 2.08. The summed E-state index contributed by atoms with van der Waals surface area (Å²) in [6, 6.07) is 5.59. The third kappa shape index (κ3) is 2.44. The van der Waals surface area contributed by atoms with Crippen molar-refractivity contribution in [2.75, 3.05) is 13.1 Å². The zero-order chi connectivity index (χ0) is 15.0. The van der Waals surface area contributed by atoms with Gasteiger partial charge in [-0.3, -0.25) is 14.7 Å². The largest absolute Gasteiger partial charge is 0.481 e. The first-order valence-corrected chi connectivity index (χ1v) is 7.49. The van der Waals surface area contributed by atoms with Crippen LogP contribution >= 0.6 is 11.3 Å². The number of nitrogens with one attached hydrogen (secondary N) is 1. The quantitative estimate of drug-likeness (QED) is 0.909. The van der Waals surface area contributed by atoms with Crippen LogP contribution in [0.5, 0.6) is 0 Å². The molecule has 0 aliphatic carbocycles. The summed E-state index contributed by atoms with van der Waals surface area (Å²) in [6.07, 6.45) is 0.469. The van der Waals surface area contributed by atoms with Crippen molar-refractivity contribution in [3.05, 3.63) is 29.3 Å². The highest BCUT2D eigenvalue weighted by atomic mass is 32.1. The number of H-pyrrole nitrogens is 1. The van der Waals surface area contributed by atoms with Gasteiger partial charge >= 0.3 is 5.97 Å². The number of hydrogen-bond acceptors (Lipinski definition) is 4. The van der Waals surface area contributed by atoms with E-state index >= 15 is 0 Å². The number of carboxylic acid groups (broad SMARTS) is 1. The molecule has 2 aromatic rings. The van der Waals surface area contributed by atoms with Gasteiger partial charge in [0.15, 0.2) is 5.69 Å². The van der Waals surface area contributed by atoms with Gasteiger partial charge in [0.25, 0.3) is 5.91 Å². The molecule has 1 aliphatic heterocycles. The van der Waals surface area contributed by atoms with Gasteiger partial charge in [-0.15, -0.1) is 11.3 Å². The zero-order valence-electron chi connectivity index (χ0n) is 11.5. The third-order valence-electron chi connectivity index (χ3n) is 3.86. The van der Waals surface area contributed by atoms with Crippen LogP contribution in [-0.4, -0.2) is 45.2 Å². The lowest BCUT2D eigenvalue weighted by atomic mass is 9.90. The van der Waals surface area contributed by atoms with Gasteiger partial charge in [0, 0.05) is 13.1 Å². The molecule has 110 valence electrons. The Labute approximate surface area is 125 Å². The average molecular weight is 305 g/mol. The summed E-state index contributed by atoms with van der Waals surface area (Å²) in [7, 11) is 0. The van der Waals surface area contributed by atoms with E-state index in [0.717, 1.165) is 10.6 Å². The Hall–Kier alpha value is -2.15. The van der Waals surface area contributed by atoms with Crippen LogP contribution in [0.4, 0.5) is 0 Å². The van der Waals surface area contributed by atoms with Crippen molar-refractivity contribution >= 4 is 23.2 Å². The van der Waals surface area contributed by atoms with Crippen LogP contribution in [0.3, 0.4) is 0 Å². The molecule has 1 aliphatic rings. The molecule has 0 aromatic carbocycles. The number of aliphatic carboxylic acids is 1. The number of hydrogen-bond donors (Lipinski definition) is 2. The highest BCUT2D eigenvalue weighted by molar-refractivity contribution is 7.13. The van der Waals surface area contributed by atoms with E-state index in [9.17, 15) is 14.7 Å². The van der Waals surface area contributed by atoms with Crippen LogP contribution in [0, 0.1) is 5.41 Å². The number of amides is 1. The number of nitrogens with zero attached hydrogens (tertiary/aromatic N) is 2. The molecule has 0 unspecified atom stereocenters. The van der Waals surface area contributed by atoms with Crippen LogP contribution < -0.4 is 0 Å². The number of carbonyl (C=O) groups excluding carboxylic acids is 1. The van der Waals surface area contributed by atoms with Crippen LogP contribution in [0.2, 0.25) is 0 Å². The normalized spacial score (nSPS) is 21.7. The fourth-order valence-corrected chi connectivity index (χ4v) is 3.15. The van der Waals surface area contributed by atoms with Gasteiger partial charge in [-0.05, 0) is 30.9 Å². The van der Waals surface area contributed by atoms with Crippen molar-refractivity contribution in [1.82, 2.24) is 15.1 Å². The minimum Gasteiger partial charge on any atom is -0.481 e. The van der Waals surface area contributed by atoms with Gasteiger partial charge in [0.2, 0.25) is 0 Å². The molecule has 0 saturated carbocycles. The maximum Gasteiger partial charge on any atom is 0.311 e. The first kappa shape index (κ1) is 13.8. The van der Waals surface area contributed by atoms with E-state index < -0.39 is 11.4 Å². The molecule has 0 radical (unpaired) electrons. The third-order valence-corrected chi connectivity index (χ3v) is 4.76. The Morgan fingerprint density at radius 1 is 1.52 bits per heavy atom. The molecule has 1 amide bonds. The van der Waals surface area contributed by atoms with Crippen molar-refractivity contribution in [2.24, 2.45) is 5.41 Å². The lowest BCUT2D eigenvalue weighted by molar-refractivity contribution is -0.147. The molecule has 0 bridgehead atoms. The molecule has 3 rings (SSSR count). The lowest BCUT2D eigenvalue weighted by Crippen LogP contribution is -2.35. The number of aromatic nitrogens is 2. The maximum atomic E-state index is 12.4. The zero-order valence-corrected chi connectivity index (χ0v) is 12.3. The van der Waals surface area contributed by atoms with Crippen molar-refractivity contribution < 1.29 is 14.7 Å². The fraction of sp³-hybridized carbons (Fsp3) is 0.357. The SMILES string of the molecule is C[C@@]1(C(=O)O)CCN(C(=O)c2cc(-c3cccs3)[nH]n2)C1. The summed E-state index contributed by atoms with van der Waals surface area (Å²) >= 11 is 1.56. The Kier molecular flexibility index (Phi) is 3.29. The Balaban J connectivity index is 1.76. The van der Waals surface area contributed by atoms with Crippen molar-refractivity contribution in [3.8, 4) is 10.6 Å². The van der Waals surface area contributed by atoms with Gasteiger partial charge < -0.3 is 10.0 Å². The average Bonchev–Trinajstić information content (AvgIpc) is 3.18. The molecule has 1 saturated heterocycles. The second-order valence-corrected chi connectivity index (χ2v) is 6.43. The van der Waals surface area contributed by atoms with Crippen molar-refractivity contribution in [1.29, 1.82) is 0 Å². The van der Waals surface area contributed by atoms with E-state index in [2.05, 4.69) is 10.2 Å². The van der Waals surface area contributed by atoms with Gasteiger partial charge in [-0.2, -0.15) is 5.10 Å². The minimum atomic E-state index is -0.862. The van der Waals surface area contributed by atoms with Crippen LogP contribution in [0.15, 0.2) is 23.6 Å². The van der Waals surface area contributed by atoms with Crippen molar-refractivity contribution in [3.63, 3.8) is 0 Å². The van der Waals surface area contributed by atoms with E-state index in [1.54, 1.807) is 29.2 Å². The second kappa shape index (κ2) is 5.00. The minimum absolute atomic E-state index is 0.223. The fourth-order valence-electron chi connectivity index (χ4n) is 2.46. The number of thiophene rings is 1. The Bertz CT molecular complexity index is 679. The molecule has 2 aromatic heterocycles. The summed E-state index contributed by atoms with van der Waals surface area (Å²) in [5.74, 6) is -1.09. The number of aromatic amines is 1. The van der Waals surface area contributed by atoms with E-state index in [1.807, 2.05) is 17.5 Å². The molecule has 3 heterocycles. The standard InChI is InChI=1S/C14H15N3O3S/c1-14(13(19)20)4-5-17(8-14)12(18)10-7-9(15-16-10)11-3-2-6-21-11/h2-3,6-7H,4-5,8H2,1H3,(H,15,16)(H,19,20)/t14-/m1/s1. The first-order chi connectivity index (χ1) is 9.99. The summed E-state index contributed by atoms with van der Waals surface area (Å²) in [4.78, 5) is 26.2. The number of likely N-dealkylation sites (tertiary alicyclic amines) is 1. The summed E-state index contributed by atoms with van der Waals surface area (Å²) in [5, 5.41) is 18.1. The molecule has 1 atom stereocenters. The second-order valence-electron chi connectivity index (χ2n) is 5.49. The van der Waals surface area contributed by atoms with E-state index in [0.29, 0.717) is 18.7 Å². The molecule has 2 N–H and O–H groups in total. The van der Waals surface area contributed by atoms with Gasteiger partial charge in [-0.25, -0.2) is 0 Å². The highest BCUT2D eigenvalue weighted by Crippen LogP contribution is 2.31. The number of rotatable bonds is 3. The molecule has 7 heteroatoms. The summed E-state index contributed by atoms with van der Waals surface area (Å²) < 4.78 is 0. The molecule has 6 nitrogen and oxygen atoms in total. The van der Waals surface area contributed by atoms with Crippen LogP contribution in [-0.2, 0) is 4.79 Å². The lowest BCUT2D eigenvalue weighted by Gasteiger charge is -2.19. The summed E-state index contributed by atoms with van der Waals surface area (Å²) in [6.45, 7) is 2.34. The predicted molar refractivity (Wildman–Crippen MR) is 78.2 cm³/mol. The van der Waals surface area contributed by atoms with E-state index in [-0.39, 0.29) is 12.5 Å². The number of carbonyl (C=O) groups is 2. The van der Waals surface area contributed by atoms with Crippen molar-refractivity contribution in [2.45, 2.75) is 13.3 Å². The smallest absolute Gasteiger partial charge is 0.311 e. The molecular weight excluding hydrogens is 290 g/mol. The van der Waals surface area contributed by atoms with E-state index in [4.69, 9.17) is 0 Å². The van der Waals surface area contributed by atoms with Gasteiger partial charge in [-0.1, -0.05) is 6.07 Å². The Morgan fingerprint density at radius 3 is 2.95 bits per heavy atom. The van der Waals surface area contributed by atoms with Crippen LogP contribution in [0.25, 0.3) is 10.6 Å².